The van der Waals surface area contributed by atoms with Crippen LogP contribution in [0.25, 0.3) is 10.9 Å². The summed E-state index contributed by atoms with van der Waals surface area (Å²) in [5, 5.41) is 19.2. The van der Waals surface area contributed by atoms with Gasteiger partial charge in [0.25, 0.3) is 0 Å². The number of hydrogen-bond donors (Lipinski definition) is 2. The van der Waals surface area contributed by atoms with E-state index in [0.717, 1.165) is 5.56 Å². The van der Waals surface area contributed by atoms with Crippen molar-refractivity contribution in [3.05, 3.63) is 47.4 Å². The van der Waals surface area contributed by atoms with Crippen LogP contribution >= 0.6 is 0 Å². The van der Waals surface area contributed by atoms with Gasteiger partial charge in [-0.25, -0.2) is 4.39 Å². The number of carboxylic acid groups (broad SMARTS) is 1. The Morgan fingerprint density at radius 3 is 3.04 bits per heavy atom. The second-order valence-corrected chi connectivity index (χ2v) is 5.93. The monoisotopic (exact) mass is 328 g/mol. The number of nitrogens with one attached hydrogen (secondary N) is 1. The number of nitriles is 1. The Hall–Kier alpha value is -2.65. The van der Waals surface area contributed by atoms with Gasteiger partial charge in [-0.2, -0.15) is 5.26 Å². The van der Waals surface area contributed by atoms with E-state index in [1.165, 1.54) is 12.1 Å². The lowest BCUT2D eigenvalue weighted by atomic mass is 9.84. The maximum absolute atomic E-state index is 14.2. The minimum Gasteiger partial charge on any atom is -0.481 e. The summed E-state index contributed by atoms with van der Waals surface area (Å²) in [5.74, 6) is -1.46. The molecule has 1 aliphatic heterocycles. The standard InChI is InChI=1S/C18H17FN2O3/c1-2-3-7-18(9-14(22)23)17-12(6-8-24-18)15-11(10-20)4-5-13(19)16(15)21-17/h2,4-5,21H,1,3,6-9H2,(H,22,23). The molecule has 2 aromatic rings. The lowest BCUT2D eigenvalue weighted by Gasteiger charge is -2.36. The average molecular weight is 328 g/mol. The Balaban J connectivity index is 2.28. The van der Waals surface area contributed by atoms with Gasteiger partial charge < -0.3 is 14.8 Å². The molecule has 1 unspecified atom stereocenters. The van der Waals surface area contributed by atoms with Gasteiger partial charge in [0.05, 0.1) is 35.9 Å². The highest BCUT2D eigenvalue weighted by molar-refractivity contribution is 5.91. The van der Waals surface area contributed by atoms with Crippen molar-refractivity contribution >= 4 is 16.9 Å². The molecule has 1 atom stereocenters. The lowest BCUT2D eigenvalue weighted by molar-refractivity contribution is -0.149. The first-order valence-electron chi connectivity index (χ1n) is 7.72. The Labute approximate surface area is 138 Å². The Bertz CT molecular complexity index is 865. The zero-order valence-electron chi connectivity index (χ0n) is 13.1. The summed E-state index contributed by atoms with van der Waals surface area (Å²) in [6.07, 6.45) is 2.96. The maximum Gasteiger partial charge on any atom is 0.306 e. The molecular formula is C18H17FN2O3. The first-order chi connectivity index (χ1) is 11.5. The van der Waals surface area contributed by atoms with E-state index in [1.54, 1.807) is 6.08 Å². The SMILES string of the molecule is C=CCCC1(CC(=O)O)OCCc2c1[nH]c1c(F)ccc(C#N)c21. The van der Waals surface area contributed by atoms with Crippen LogP contribution in [0.5, 0.6) is 0 Å². The van der Waals surface area contributed by atoms with Crippen LogP contribution in [-0.4, -0.2) is 22.7 Å². The molecule has 5 nitrogen and oxygen atoms in total. The molecule has 0 aliphatic carbocycles. The summed E-state index contributed by atoms with van der Waals surface area (Å²) in [7, 11) is 0. The van der Waals surface area contributed by atoms with E-state index in [1.807, 2.05) is 0 Å². The number of halogens is 1. The number of carboxylic acids is 1. The zero-order chi connectivity index (χ0) is 17.3. The summed E-state index contributed by atoms with van der Waals surface area (Å²) in [5.41, 5.74) is 0.884. The topological polar surface area (TPSA) is 86.1 Å². The van der Waals surface area contributed by atoms with Crippen LogP contribution in [0.3, 0.4) is 0 Å². The van der Waals surface area contributed by atoms with Crippen LogP contribution in [0.2, 0.25) is 0 Å². The van der Waals surface area contributed by atoms with Crippen molar-refractivity contribution in [3.8, 4) is 6.07 Å². The van der Waals surface area contributed by atoms with Crippen LogP contribution in [0.1, 0.15) is 36.1 Å². The number of H-pyrrole nitrogens is 1. The van der Waals surface area contributed by atoms with Crippen LogP contribution in [0.15, 0.2) is 24.8 Å². The van der Waals surface area contributed by atoms with Gasteiger partial charge in [-0.1, -0.05) is 6.08 Å². The second kappa shape index (κ2) is 6.10. The van der Waals surface area contributed by atoms with E-state index >= 15 is 0 Å². The van der Waals surface area contributed by atoms with Gasteiger partial charge in [0.2, 0.25) is 0 Å². The second-order valence-electron chi connectivity index (χ2n) is 5.93. The van der Waals surface area contributed by atoms with Gasteiger partial charge in [0, 0.05) is 5.39 Å². The molecule has 0 saturated heterocycles. The van der Waals surface area contributed by atoms with Gasteiger partial charge in [-0.05, 0) is 37.0 Å². The fourth-order valence-corrected chi connectivity index (χ4v) is 3.50. The van der Waals surface area contributed by atoms with Crippen LogP contribution in [0, 0.1) is 17.1 Å². The van der Waals surface area contributed by atoms with Gasteiger partial charge in [0.1, 0.15) is 11.4 Å². The molecule has 0 saturated carbocycles. The number of benzene rings is 1. The summed E-state index contributed by atoms with van der Waals surface area (Å²) in [4.78, 5) is 14.4. The summed E-state index contributed by atoms with van der Waals surface area (Å²) >= 11 is 0. The molecule has 0 fully saturated rings. The minimum atomic E-state index is -1.06. The third-order valence-electron chi connectivity index (χ3n) is 4.50. The van der Waals surface area contributed by atoms with Crippen molar-refractivity contribution in [3.63, 3.8) is 0 Å². The molecule has 2 heterocycles. The fraction of sp³-hybridized carbons (Fsp3) is 0.333. The quantitative estimate of drug-likeness (QED) is 0.824. The minimum absolute atomic E-state index is 0.232. The van der Waals surface area contributed by atoms with Gasteiger partial charge >= 0.3 is 5.97 Å². The third kappa shape index (κ3) is 2.47. The highest BCUT2D eigenvalue weighted by atomic mass is 19.1. The van der Waals surface area contributed by atoms with Crippen molar-refractivity contribution in [2.24, 2.45) is 0 Å². The molecule has 1 aromatic heterocycles. The molecule has 124 valence electrons. The Kier molecular flexibility index (Phi) is 4.12. The number of allylic oxidation sites excluding steroid dienone is 1. The zero-order valence-corrected chi connectivity index (χ0v) is 13.1. The fourth-order valence-electron chi connectivity index (χ4n) is 3.50. The number of aromatic nitrogens is 1. The van der Waals surface area contributed by atoms with E-state index in [0.29, 0.717) is 42.5 Å². The highest BCUT2D eigenvalue weighted by Gasteiger charge is 2.42. The predicted molar refractivity (Wildman–Crippen MR) is 86.0 cm³/mol. The van der Waals surface area contributed by atoms with E-state index in [2.05, 4.69) is 17.6 Å². The van der Waals surface area contributed by atoms with Crippen molar-refractivity contribution in [1.82, 2.24) is 4.98 Å². The number of ether oxygens (including phenoxy) is 1. The van der Waals surface area contributed by atoms with Crippen molar-refractivity contribution in [1.29, 1.82) is 5.26 Å². The number of nitrogens with zero attached hydrogens (tertiary/aromatic N) is 1. The molecule has 1 aliphatic rings. The summed E-state index contributed by atoms with van der Waals surface area (Å²) in [6, 6.07) is 4.78. The highest BCUT2D eigenvalue weighted by Crippen LogP contribution is 2.43. The summed E-state index contributed by atoms with van der Waals surface area (Å²) in [6.45, 7) is 4.00. The van der Waals surface area contributed by atoms with Gasteiger partial charge in [0.15, 0.2) is 0 Å². The predicted octanol–water partition coefficient (Wildman–Crippen LogP) is 3.39. The van der Waals surface area contributed by atoms with Crippen molar-refractivity contribution in [2.75, 3.05) is 6.61 Å². The van der Waals surface area contributed by atoms with E-state index < -0.39 is 17.4 Å². The first kappa shape index (κ1) is 16.2. The van der Waals surface area contributed by atoms with Crippen LogP contribution < -0.4 is 0 Å². The summed E-state index contributed by atoms with van der Waals surface area (Å²) < 4.78 is 20.1. The molecule has 1 aromatic carbocycles. The molecule has 6 heteroatoms. The molecule has 0 bridgehead atoms. The van der Waals surface area contributed by atoms with Crippen LogP contribution in [-0.2, 0) is 21.6 Å². The molecule has 0 spiro atoms. The molecule has 0 amide bonds. The Morgan fingerprint density at radius 1 is 1.58 bits per heavy atom. The number of carbonyl (C=O) groups is 1. The largest absolute Gasteiger partial charge is 0.481 e. The average Bonchev–Trinajstić information content (AvgIpc) is 2.95. The van der Waals surface area contributed by atoms with E-state index in [4.69, 9.17) is 4.74 Å². The van der Waals surface area contributed by atoms with Gasteiger partial charge in [-0.15, -0.1) is 6.58 Å². The van der Waals surface area contributed by atoms with Gasteiger partial charge in [-0.3, -0.25) is 4.79 Å². The number of fused-ring (bicyclic) bond motifs is 3. The molecule has 24 heavy (non-hydrogen) atoms. The molecular weight excluding hydrogens is 311 g/mol. The third-order valence-corrected chi connectivity index (χ3v) is 4.50. The normalized spacial score (nSPS) is 19.7. The lowest BCUT2D eigenvalue weighted by Crippen LogP contribution is -2.37. The van der Waals surface area contributed by atoms with Crippen molar-refractivity contribution < 1.29 is 19.0 Å². The maximum atomic E-state index is 14.2. The number of rotatable bonds is 5. The first-order valence-corrected chi connectivity index (χ1v) is 7.72. The smallest absolute Gasteiger partial charge is 0.306 e. The number of hydrogen-bond acceptors (Lipinski definition) is 3. The molecule has 3 rings (SSSR count). The number of aromatic amines is 1. The molecule has 2 N–H and O–H groups in total. The van der Waals surface area contributed by atoms with E-state index in [9.17, 15) is 19.6 Å². The number of aliphatic carboxylic acids is 1. The molecule has 0 radical (unpaired) electrons. The Morgan fingerprint density at radius 2 is 2.38 bits per heavy atom. The van der Waals surface area contributed by atoms with E-state index in [-0.39, 0.29) is 11.9 Å². The van der Waals surface area contributed by atoms with Crippen molar-refractivity contribution in [2.45, 2.75) is 31.3 Å². The van der Waals surface area contributed by atoms with Crippen LogP contribution in [0.4, 0.5) is 4.39 Å².